The van der Waals surface area contributed by atoms with Crippen LogP contribution in [0.3, 0.4) is 0 Å². The molecule has 1 unspecified atom stereocenters. The van der Waals surface area contributed by atoms with E-state index in [9.17, 15) is 4.79 Å². The maximum absolute atomic E-state index is 10.3. The molecule has 0 radical (unpaired) electrons. The van der Waals surface area contributed by atoms with Crippen LogP contribution in [0, 0.1) is 5.92 Å². The molecule has 0 saturated carbocycles. The van der Waals surface area contributed by atoms with E-state index >= 15 is 0 Å². The standard InChI is InChI=1S/C6H12N2O.ClH/c7-6(9)3-5-1-2-8-4-5;/h5,8H,1-4H2,(H2,7,9);1H. The third-order valence-electron chi connectivity index (χ3n) is 1.65. The minimum Gasteiger partial charge on any atom is -0.370 e. The van der Waals surface area contributed by atoms with Crippen molar-refractivity contribution in [3.05, 3.63) is 0 Å². The maximum atomic E-state index is 10.3. The lowest BCUT2D eigenvalue weighted by molar-refractivity contribution is -0.118. The Kier molecular flexibility index (Phi) is 4.40. The van der Waals surface area contributed by atoms with E-state index in [0.717, 1.165) is 19.5 Å². The molecule has 1 aliphatic heterocycles. The minimum absolute atomic E-state index is 0. The van der Waals surface area contributed by atoms with E-state index in [1.165, 1.54) is 0 Å². The molecule has 0 aromatic heterocycles. The van der Waals surface area contributed by atoms with Gasteiger partial charge in [-0.05, 0) is 25.4 Å². The number of hydrogen-bond acceptors (Lipinski definition) is 2. The number of primary amides is 1. The topological polar surface area (TPSA) is 55.1 Å². The summed E-state index contributed by atoms with van der Waals surface area (Å²) in [5, 5.41) is 3.17. The average molecular weight is 165 g/mol. The van der Waals surface area contributed by atoms with Crippen LogP contribution in [0.1, 0.15) is 12.8 Å². The van der Waals surface area contributed by atoms with E-state index in [1.807, 2.05) is 0 Å². The van der Waals surface area contributed by atoms with Crippen LogP contribution in [-0.4, -0.2) is 19.0 Å². The van der Waals surface area contributed by atoms with Gasteiger partial charge in [0.25, 0.3) is 0 Å². The third-order valence-corrected chi connectivity index (χ3v) is 1.65. The Bertz CT molecular complexity index is 112. The van der Waals surface area contributed by atoms with Crippen molar-refractivity contribution in [1.29, 1.82) is 0 Å². The van der Waals surface area contributed by atoms with Crippen LogP contribution in [0.4, 0.5) is 0 Å². The summed E-state index contributed by atoms with van der Waals surface area (Å²) in [5.41, 5.74) is 5.01. The van der Waals surface area contributed by atoms with Crippen LogP contribution in [0.2, 0.25) is 0 Å². The van der Waals surface area contributed by atoms with Crippen molar-refractivity contribution in [2.75, 3.05) is 13.1 Å². The molecule has 1 saturated heterocycles. The lowest BCUT2D eigenvalue weighted by atomic mass is 10.1. The number of rotatable bonds is 2. The summed E-state index contributed by atoms with van der Waals surface area (Å²) in [4.78, 5) is 10.3. The fraction of sp³-hybridized carbons (Fsp3) is 0.833. The van der Waals surface area contributed by atoms with E-state index in [1.54, 1.807) is 0 Å². The number of halogens is 1. The van der Waals surface area contributed by atoms with Gasteiger partial charge >= 0.3 is 0 Å². The second-order valence-corrected chi connectivity index (χ2v) is 2.53. The number of amides is 1. The lowest BCUT2D eigenvalue weighted by Crippen LogP contribution is -2.18. The van der Waals surface area contributed by atoms with Crippen molar-refractivity contribution >= 4 is 18.3 Å². The molecule has 0 aromatic rings. The zero-order chi connectivity index (χ0) is 6.69. The van der Waals surface area contributed by atoms with Gasteiger partial charge in [-0.3, -0.25) is 4.79 Å². The van der Waals surface area contributed by atoms with Crippen LogP contribution in [0.15, 0.2) is 0 Å². The number of carbonyl (C=O) groups is 1. The largest absolute Gasteiger partial charge is 0.370 e. The summed E-state index contributed by atoms with van der Waals surface area (Å²) < 4.78 is 0. The highest BCUT2D eigenvalue weighted by atomic mass is 35.5. The molecule has 3 N–H and O–H groups in total. The summed E-state index contributed by atoms with van der Waals surface area (Å²) >= 11 is 0. The molecule has 1 heterocycles. The van der Waals surface area contributed by atoms with Crippen molar-refractivity contribution < 1.29 is 4.79 Å². The second kappa shape index (κ2) is 4.52. The molecular formula is C6H13ClN2O. The van der Waals surface area contributed by atoms with E-state index in [-0.39, 0.29) is 18.3 Å². The van der Waals surface area contributed by atoms with Crippen molar-refractivity contribution in [3.63, 3.8) is 0 Å². The van der Waals surface area contributed by atoms with Gasteiger partial charge in [0.1, 0.15) is 0 Å². The normalized spacial score (nSPS) is 23.8. The van der Waals surface area contributed by atoms with Crippen molar-refractivity contribution in [1.82, 2.24) is 5.32 Å². The molecule has 1 amide bonds. The van der Waals surface area contributed by atoms with E-state index < -0.39 is 0 Å². The van der Waals surface area contributed by atoms with Crippen LogP contribution < -0.4 is 11.1 Å². The predicted octanol–water partition coefficient (Wildman–Crippen LogP) is -0.107. The fourth-order valence-corrected chi connectivity index (χ4v) is 1.17. The first-order chi connectivity index (χ1) is 4.29. The summed E-state index contributed by atoms with van der Waals surface area (Å²) in [6, 6.07) is 0. The maximum Gasteiger partial charge on any atom is 0.217 e. The van der Waals surface area contributed by atoms with Gasteiger partial charge in [-0.1, -0.05) is 0 Å². The molecule has 0 bridgehead atoms. The van der Waals surface area contributed by atoms with Crippen molar-refractivity contribution in [2.24, 2.45) is 11.7 Å². The molecule has 4 heteroatoms. The molecule has 0 spiro atoms. The Labute approximate surface area is 66.8 Å². The Hall–Kier alpha value is -0.280. The van der Waals surface area contributed by atoms with Crippen LogP contribution in [-0.2, 0) is 4.79 Å². The van der Waals surface area contributed by atoms with Gasteiger partial charge < -0.3 is 11.1 Å². The highest BCUT2D eigenvalue weighted by Gasteiger charge is 2.15. The molecule has 1 fully saturated rings. The first kappa shape index (κ1) is 9.72. The van der Waals surface area contributed by atoms with Crippen LogP contribution >= 0.6 is 12.4 Å². The fourth-order valence-electron chi connectivity index (χ4n) is 1.17. The Morgan fingerprint density at radius 2 is 2.40 bits per heavy atom. The zero-order valence-electron chi connectivity index (χ0n) is 5.80. The van der Waals surface area contributed by atoms with Gasteiger partial charge in [0.15, 0.2) is 0 Å². The summed E-state index contributed by atoms with van der Waals surface area (Å²) in [6.07, 6.45) is 1.65. The molecule has 3 nitrogen and oxygen atoms in total. The van der Waals surface area contributed by atoms with Gasteiger partial charge in [-0.15, -0.1) is 12.4 Å². The molecule has 1 aliphatic rings. The highest BCUT2D eigenvalue weighted by molar-refractivity contribution is 5.85. The molecule has 10 heavy (non-hydrogen) atoms. The first-order valence-electron chi connectivity index (χ1n) is 3.28. The number of nitrogens with two attached hydrogens (primary N) is 1. The smallest absolute Gasteiger partial charge is 0.217 e. The third kappa shape index (κ3) is 3.03. The average Bonchev–Trinajstić information content (AvgIpc) is 2.15. The van der Waals surface area contributed by atoms with Gasteiger partial charge in [0.2, 0.25) is 5.91 Å². The SMILES string of the molecule is Cl.NC(=O)CC1CCNC1. The quantitative estimate of drug-likeness (QED) is 0.599. The van der Waals surface area contributed by atoms with E-state index in [4.69, 9.17) is 5.73 Å². The second-order valence-electron chi connectivity index (χ2n) is 2.53. The monoisotopic (exact) mass is 164 g/mol. The Morgan fingerprint density at radius 1 is 1.70 bits per heavy atom. The summed E-state index contributed by atoms with van der Waals surface area (Å²) in [7, 11) is 0. The highest BCUT2D eigenvalue weighted by Crippen LogP contribution is 2.10. The van der Waals surface area contributed by atoms with Gasteiger partial charge in [0.05, 0.1) is 0 Å². The van der Waals surface area contributed by atoms with Crippen LogP contribution in [0.5, 0.6) is 0 Å². The summed E-state index contributed by atoms with van der Waals surface area (Å²) in [6.45, 7) is 2.00. The Balaban J connectivity index is 0.000000810. The number of carbonyl (C=O) groups excluding carboxylic acids is 1. The molecule has 1 rings (SSSR count). The summed E-state index contributed by atoms with van der Waals surface area (Å²) in [5.74, 6) is 0.325. The molecule has 1 atom stereocenters. The molecular weight excluding hydrogens is 152 g/mol. The van der Waals surface area contributed by atoms with E-state index in [0.29, 0.717) is 12.3 Å². The van der Waals surface area contributed by atoms with Gasteiger partial charge in [0, 0.05) is 6.42 Å². The van der Waals surface area contributed by atoms with Crippen LogP contribution in [0.25, 0.3) is 0 Å². The minimum atomic E-state index is -0.177. The lowest BCUT2D eigenvalue weighted by Gasteiger charge is -2.01. The van der Waals surface area contributed by atoms with Gasteiger partial charge in [-0.2, -0.15) is 0 Å². The predicted molar refractivity (Wildman–Crippen MR) is 42.0 cm³/mol. The van der Waals surface area contributed by atoms with Crippen molar-refractivity contribution in [2.45, 2.75) is 12.8 Å². The van der Waals surface area contributed by atoms with Crippen molar-refractivity contribution in [3.8, 4) is 0 Å². The van der Waals surface area contributed by atoms with Gasteiger partial charge in [-0.25, -0.2) is 0 Å². The molecule has 60 valence electrons. The number of hydrogen-bond donors (Lipinski definition) is 2. The zero-order valence-corrected chi connectivity index (χ0v) is 6.62. The first-order valence-corrected chi connectivity index (χ1v) is 3.28. The number of nitrogens with one attached hydrogen (secondary N) is 1. The molecule has 0 aromatic carbocycles. The molecule has 0 aliphatic carbocycles. The van der Waals surface area contributed by atoms with E-state index in [2.05, 4.69) is 5.32 Å². The Morgan fingerprint density at radius 3 is 2.80 bits per heavy atom.